The van der Waals surface area contributed by atoms with Crippen molar-refractivity contribution in [3.05, 3.63) is 72.0 Å². The molecule has 0 bridgehead atoms. The van der Waals surface area contributed by atoms with E-state index in [4.69, 9.17) is 4.42 Å². The number of hydrogen-bond donors (Lipinski definition) is 1. The summed E-state index contributed by atoms with van der Waals surface area (Å²) in [7, 11) is 0. The van der Waals surface area contributed by atoms with Gasteiger partial charge in [0.1, 0.15) is 5.58 Å². The predicted molar refractivity (Wildman–Crippen MR) is 99.8 cm³/mol. The third-order valence-corrected chi connectivity index (χ3v) is 5.51. The first-order valence-corrected chi connectivity index (χ1v) is 9.08. The van der Waals surface area contributed by atoms with E-state index in [2.05, 4.69) is 35.6 Å². The predicted octanol–water partition coefficient (Wildman–Crippen LogP) is 5.06. The van der Waals surface area contributed by atoms with Crippen molar-refractivity contribution in [1.82, 2.24) is 5.32 Å². The fourth-order valence-corrected chi connectivity index (χ4v) is 4.10. The number of rotatable bonds is 4. The second-order valence-corrected chi connectivity index (χ2v) is 7.03. The molecule has 1 N–H and O–H groups in total. The highest BCUT2D eigenvalue weighted by Gasteiger charge is 2.34. The maximum atomic E-state index is 12.8. The van der Waals surface area contributed by atoms with Gasteiger partial charge in [-0.2, -0.15) is 0 Å². The van der Waals surface area contributed by atoms with Crippen LogP contribution in [0.3, 0.4) is 0 Å². The van der Waals surface area contributed by atoms with Gasteiger partial charge >= 0.3 is 0 Å². The number of amides is 1. The summed E-state index contributed by atoms with van der Waals surface area (Å²) in [5, 5.41) is 4.15. The normalized spacial score (nSPS) is 16.6. The van der Waals surface area contributed by atoms with Gasteiger partial charge in [0.2, 0.25) is 0 Å². The molecule has 3 aromatic rings. The van der Waals surface area contributed by atoms with E-state index in [0.29, 0.717) is 17.7 Å². The smallest absolute Gasteiger partial charge is 0.255 e. The van der Waals surface area contributed by atoms with E-state index in [9.17, 15) is 4.79 Å². The topological polar surface area (TPSA) is 42.2 Å². The summed E-state index contributed by atoms with van der Waals surface area (Å²) in [6.07, 6.45) is 7.61. The van der Waals surface area contributed by atoms with E-state index >= 15 is 0 Å². The molecule has 0 aliphatic heterocycles. The van der Waals surface area contributed by atoms with E-state index in [-0.39, 0.29) is 11.3 Å². The molecule has 1 aliphatic carbocycles. The Kier molecular flexibility index (Phi) is 4.31. The van der Waals surface area contributed by atoms with Crippen molar-refractivity contribution in [2.75, 3.05) is 6.54 Å². The van der Waals surface area contributed by atoms with Crippen LogP contribution < -0.4 is 5.32 Å². The van der Waals surface area contributed by atoms with Crippen LogP contribution in [-0.4, -0.2) is 12.5 Å². The van der Waals surface area contributed by atoms with Crippen LogP contribution in [-0.2, 0) is 5.41 Å². The summed E-state index contributed by atoms with van der Waals surface area (Å²) in [6, 6.07) is 18.2. The summed E-state index contributed by atoms with van der Waals surface area (Å²) in [6.45, 7) is 0.674. The average molecular weight is 333 g/mol. The Hall–Kier alpha value is -2.55. The average Bonchev–Trinajstić information content (AvgIpc) is 3.16. The maximum absolute atomic E-state index is 12.8. The van der Waals surface area contributed by atoms with Gasteiger partial charge in [-0.05, 0) is 30.5 Å². The van der Waals surface area contributed by atoms with Crippen LogP contribution in [0.25, 0.3) is 11.0 Å². The number of benzene rings is 2. The van der Waals surface area contributed by atoms with Crippen molar-refractivity contribution in [3.8, 4) is 0 Å². The minimum atomic E-state index is -0.0542. The van der Waals surface area contributed by atoms with Crippen molar-refractivity contribution < 1.29 is 9.21 Å². The van der Waals surface area contributed by atoms with Gasteiger partial charge in [0.15, 0.2) is 0 Å². The Labute approximate surface area is 148 Å². The van der Waals surface area contributed by atoms with E-state index in [1.54, 1.807) is 6.26 Å². The second kappa shape index (κ2) is 6.75. The zero-order valence-corrected chi connectivity index (χ0v) is 14.3. The second-order valence-electron chi connectivity index (χ2n) is 7.03. The summed E-state index contributed by atoms with van der Waals surface area (Å²) in [5.74, 6) is -0.0542. The highest BCUT2D eigenvalue weighted by molar-refractivity contribution is 6.04. The Bertz CT molecular complexity index is 860. The minimum Gasteiger partial charge on any atom is -0.464 e. The number of nitrogens with one attached hydrogen (secondary N) is 1. The SMILES string of the molecule is O=C(NCC1(c2ccccc2)CCCCC1)c1cccc2ccoc12. The van der Waals surface area contributed by atoms with Crippen molar-refractivity contribution in [2.45, 2.75) is 37.5 Å². The number of carbonyl (C=O) groups excluding carboxylic acids is 1. The van der Waals surface area contributed by atoms with Crippen molar-refractivity contribution in [1.29, 1.82) is 0 Å². The molecule has 3 nitrogen and oxygen atoms in total. The van der Waals surface area contributed by atoms with Gasteiger partial charge in [0, 0.05) is 17.3 Å². The van der Waals surface area contributed by atoms with Gasteiger partial charge in [0.05, 0.1) is 11.8 Å². The molecule has 0 saturated heterocycles. The standard InChI is InChI=1S/C22H23NO2/c24-21(19-11-7-8-17-12-15-25-20(17)19)23-16-22(13-5-2-6-14-22)18-9-3-1-4-10-18/h1,3-4,7-12,15H,2,5-6,13-14,16H2,(H,23,24). The van der Waals surface area contributed by atoms with E-state index in [1.807, 2.05) is 24.3 Å². The molecular formula is C22H23NO2. The van der Waals surface area contributed by atoms with Crippen LogP contribution in [0.5, 0.6) is 0 Å². The number of carbonyl (C=O) groups is 1. The van der Waals surface area contributed by atoms with Crippen molar-refractivity contribution in [2.24, 2.45) is 0 Å². The van der Waals surface area contributed by atoms with Crippen molar-refractivity contribution >= 4 is 16.9 Å². The molecule has 1 heterocycles. The molecule has 1 fully saturated rings. The molecule has 0 spiro atoms. The van der Waals surface area contributed by atoms with Crippen LogP contribution in [0.2, 0.25) is 0 Å². The summed E-state index contributed by atoms with van der Waals surface area (Å²) >= 11 is 0. The minimum absolute atomic E-state index is 0.0478. The molecular weight excluding hydrogens is 310 g/mol. The molecule has 2 aromatic carbocycles. The summed E-state index contributed by atoms with van der Waals surface area (Å²) < 4.78 is 5.51. The van der Waals surface area contributed by atoms with Crippen molar-refractivity contribution in [3.63, 3.8) is 0 Å². The highest BCUT2D eigenvalue weighted by Crippen LogP contribution is 2.39. The molecule has 4 rings (SSSR count). The molecule has 1 saturated carbocycles. The van der Waals surface area contributed by atoms with Gasteiger partial charge in [-0.1, -0.05) is 61.7 Å². The Morgan fingerprint density at radius 1 is 0.960 bits per heavy atom. The Morgan fingerprint density at radius 3 is 2.56 bits per heavy atom. The zero-order valence-electron chi connectivity index (χ0n) is 14.3. The lowest BCUT2D eigenvalue weighted by atomic mass is 9.69. The third kappa shape index (κ3) is 3.07. The van der Waals surface area contributed by atoms with Gasteiger partial charge in [-0.3, -0.25) is 4.79 Å². The largest absolute Gasteiger partial charge is 0.464 e. The van der Waals surface area contributed by atoms with Crippen LogP contribution in [0.1, 0.15) is 48.0 Å². The molecule has 25 heavy (non-hydrogen) atoms. The lowest BCUT2D eigenvalue weighted by molar-refractivity contribution is 0.0937. The van der Waals surface area contributed by atoms with Crippen LogP contribution in [0, 0.1) is 0 Å². The number of furan rings is 1. The van der Waals surface area contributed by atoms with E-state index < -0.39 is 0 Å². The van der Waals surface area contributed by atoms with Gasteiger partial charge in [0.25, 0.3) is 5.91 Å². The first-order chi connectivity index (χ1) is 12.3. The van der Waals surface area contributed by atoms with Crippen LogP contribution in [0.15, 0.2) is 65.3 Å². The number of fused-ring (bicyclic) bond motifs is 1. The van der Waals surface area contributed by atoms with Gasteiger partial charge < -0.3 is 9.73 Å². The summed E-state index contributed by atoms with van der Waals surface area (Å²) in [5.41, 5.74) is 2.66. The number of hydrogen-bond acceptors (Lipinski definition) is 2. The van der Waals surface area contributed by atoms with Crippen LogP contribution in [0.4, 0.5) is 0 Å². The van der Waals surface area contributed by atoms with E-state index in [1.165, 1.54) is 24.8 Å². The first kappa shape index (κ1) is 15.9. The molecule has 3 heteroatoms. The zero-order chi connectivity index (χ0) is 17.1. The summed E-state index contributed by atoms with van der Waals surface area (Å²) in [4.78, 5) is 12.8. The Balaban J connectivity index is 1.57. The molecule has 0 unspecified atom stereocenters. The molecule has 1 amide bonds. The quantitative estimate of drug-likeness (QED) is 0.725. The monoisotopic (exact) mass is 333 g/mol. The van der Waals surface area contributed by atoms with Crippen LogP contribution >= 0.6 is 0 Å². The molecule has 1 aliphatic rings. The fourth-order valence-electron chi connectivity index (χ4n) is 4.10. The van der Waals surface area contributed by atoms with E-state index in [0.717, 1.165) is 18.2 Å². The fraction of sp³-hybridized carbons (Fsp3) is 0.318. The van der Waals surface area contributed by atoms with Gasteiger partial charge in [-0.25, -0.2) is 0 Å². The lowest BCUT2D eigenvalue weighted by Gasteiger charge is -2.38. The lowest BCUT2D eigenvalue weighted by Crippen LogP contribution is -2.42. The Morgan fingerprint density at radius 2 is 1.76 bits per heavy atom. The molecule has 1 aromatic heterocycles. The molecule has 0 atom stereocenters. The van der Waals surface area contributed by atoms with Gasteiger partial charge in [-0.15, -0.1) is 0 Å². The first-order valence-electron chi connectivity index (χ1n) is 9.08. The third-order valence-electron chi connectivity index (χ3n) is 5.51. The maximum Gasteiger partial charge on any atom is 0.255 e. The highest BCUT2D eigenvalue weighted by atomic mass is 16.3. The molecule has 0 radical (unpaired) electrons. The number of para-hydroxylation sites is 1. The molecule has 128 valence electrons.